The van der Waals surface area contributed by atoms with Gasteiger partial charge in [0.05, 0.1) is 0 Å². The number of nitrogens with two attached hydrogens (primary N) is 1. The molecule has 0 saturated carbocycles. The van der Waals surface area contributed by atoms with E-state index < -0.39 is 17.9 Å². The molecular formula is C16H14Cl2N2O3. The number of carbonyl (C=O) groups is 2. The van der Waals surface area contributed by atoms with Crippen LogP contribution in [0, 0.1) is 0 Å². The molecule has 0 heterocycles. The lowest BCUT2D eigenvalue weighted by Gasteiger charge is -2.16. The number of hydrogen-bond acceptors (Lipinski definition) is 3. The number of halogens is 2. The molecule has 0 saturated heterocycles. The van der Waals surface area contributed by atoms with E-state index in [-0.39, 0.29) is 6.42 Å². The van der Waals surface area contributed by atoms with Gasteiger partial charge in [-0.25, -0.2) is 4.79 Å². The number of carboxylic acids is 1. The SMILES string of the molecule is Nc1cccc(Cl)c1CC(NC(=O)c1ccc(Cl)cc1)C(=O)O. The molecule has 7 heteroatoms. The third-order valence-corrected chi connectivity index (χ3v) is 3.88. The molecule has 4 N–H and O–H groups in total. The van der Waals surface area contributed by atoms with Gasteiger partial charge in [0.1, 0.15) is 6.04 Å². The minimum atomic E-state index is -1.17. The van der Waals surface area contributed by atoms with Crippen LogP contribution >= 0.6 is 23.2 Å². The number of carbonyl (C=O) groups excluding carboxylic acids is 1. The van der Waals surface area contributed by atoms with Crippen LogP contribution in [0.5, 0.6) is 0 Å². The molecule has 2 aromatic carbocycles. The predicted octanol–water partition coefficient (Wildman–Crippen LogP) is 3.00. The third-order valence-electron chi connectivity index (χ3n) is 3.27. The third kappa shape index (κ3) is 4.37. The highest BCUT2D eigenvalue weighted by Gasteiger charge is 2.23. The maximum Gasteiger partial charge on any atom is 0.326 e. The number of hydrogen-bond donors (Lipinski definition) is 3. The molecule has 0 fully saturated rings. The Morgan fingerprint density at radius 2 is 1.78 bits per heavy atom. The second-order valence-corrected chi connectivity index (χ2v) is 5.73. The van der Waals surface area contributed by atoms with Gasteiger partial charge in [-0.3, -0.25) is 4.79 Å². The van der Waals surface area contributed by atoms with Gasteiger partial charge >= 0.3 is 5.97 Å². The van der Waals surface area contributed by atoms with E-state index >= 15 is 0 Å². The highest BCUT2D eigenvalue weighted by atomic mass is 35.5. The van der Waals surface area contributed by atoms with Crippen molar-refractivity contribution in [2.75, 3.05) is 5.73 Å². The molecule has 0 bridgehead atoms. The summed E-state index contributed by atoms with van der Waals surface area (Å²) < 4.78 is 0. The van der Waals surface area contributed by atoms with Crippen LogP contribution in [-0.2, 0) is 11.2 Å². The summed E-state index contributed by atoms with van der Waals surface area (Å²) in [5.74, 6) is -1.69. The van der Waals surface area contributed by atoms with Gasteiger partial charge in [0, 0.05) is 27.7 Å². The fourth-order valence-corrected chi connectivity index (χ4v) is 2.42. The first-order valence-corrected chi connectivity index (χ1v) is 7.46. The van der Waals surface area contributed by atoms with E-state index in [9.17, 15) is 14.7 Å². The summed E-state index contributed by atoms with van der Waals surface area (Å²) in [5, 5.41) is 12.6. The second kappa shape index (κ2) is 7.35. The van der Waals surface area contributed by atoms with E-state index in [0.717, 1.165) is 0 Å². The number of anilines is 1. The molecule has 0 aliphatic heterocycles. The van der Waals surface area contributed by atoms with E-state index in [4.69, 9.17) is 28.9 Å². The number of rotatable bonds is 5. The van der Waals surface area contributed by atoms with Crippen molar-refractivity contribution in [3.8, 4) is 0 Å². The van der Waals surface area contributed by atoms with Gasteiger partial charge in [0.25, 0.3) is 5.91 Å². The van der Waals surface area contributed by atoms with Gasteiger partial charge in [-0.15, -0.1) is 0 Å². The van der Waals surface area contributed by atoms with Crippen molar-refractivity contribution in [2.24, 2.45) is 0 Å². The van der Waals surface area contributed by atoms with Crippen LogP contribution in [0.2, 0.25) is 10.0 Å². The van der Waals surface area contributed by atoms with Crippen LogP contribution in [0.3, 0.4) is 0 Å². The summed E-state index contributed by atoms with van der Waals surface area (Å²) >= 11 is 11.8. The van der Waals surface area contributed by atoms with Crippen LogP contribution in [0.15, 0.2) is 42.5 Å². The predicted molar refractivity (Wildman–Crippen MR) is 89.9 cm³/mol. The van der Waals surface area contributed by atoms with E-state index in [2.05, 4.69) is 5.32 Å². The van der Waals surface area contributed by atoms with E-state index in [1.807, 2.05) is 0 Å². The number of aliphatic carboxylic acids is 1. The quantitative estimate of drug-likeness (QED) is 0.721. The van der Waals surface area contributed by atoms with Crippen LogP contribution < -0.4 is 11.1 Å². The molecular weight excluding hydrogens is 339 g/mol. The Kier molecular flexibility index (Phi) is 5.47. The Balaban J connectivity index is 2.17. The van der Waals surface area contributed by atoms with Gasteiger partial charge < -0.3 is 16.2 Å². The van der Waals surface area contributed by atoms with Crippen molar-refractivity contribution >= 4 is 40.8 Å². The maximum absolute atomic E-state index is 12.1. The lowest BCUT2D eigenvalue weighted by molar-refractivity contribution is -0.139. The van der Waals surface area contributed by atoms with E-state index in [0.29, 0.717) is 26.9 Å². The molecule has 120 valence electrons. The molecule has 1 atom stereocenters. The molecule has 1 unspecified atom stereocenters. The zero-order chi connectivity index (χ0) is 17.0. The summed E-state index contributed by atoms with van der Waals surface area (Å²) in [7, 11) is 0. The fraction of sp³-hybridized carbons (Fsp3) is 0.125. The Morgan fingerprint density at radius 1 is 1.13 bits per heavy atom. The number of nitrogens with one attached hydrogen (secondary N) is 1. The number of carboxylic acid groups (broad SMARTS) is 1. The van der Waals surface area contributed by atoms with Gasteiger partial charge in [-0.05, 0) is 42.0 Å². The maximum atomic E-state index is 12.1. The normalized spacial score (nSPS) is 11.7. The summed E-state index contributed by atoms with van der Waals surface area (Å²) in [6.45, 7) is 0. The van der Waals surface area contributed by atoms with Crippen molar-refractivity contribution in [1.82, 2.24) is 5.32 Å². The van der Waals surface area contributed by atoms with Gasteiger partial charge in [0.2, 0.25) is 0 Å². The summed E-state index contributed by atoms with van der Waals surface area (Å²) in [5.41, 5.74) is 7.00. The Labute approximate surface area is 143 Å². The van der Waals surface area contributed by atoms with Crippen molar-refractivity contribution < 1.29 is 14.7 Å². The minimum Gasteiger partial charge on any atom is -0.480 e. The van der Waals surface area contributed by atoms with Crippen LogP contribution in [0.4, 0.5) is 5.69 Å². The summed E-state index contributed by atoms with van der Waals surface area (Å²) in [4.78, 5) is 23.6. The molecule has 2 aromatic rings. The Morgan fingerprint density at radius 3 is 2.35 bits per heavy atom. The summed E-state index contributed by atoms with van der Waals surface area (Å²) in [6.07, 6.45) is -0.0137. The molecule has 5 nitrogen and oxygen atoms in total. The van der Waals surface area contributed by atoms with Crippen molar-refractivity contribution in [1.29, 1.82) is 0 Å². The lowest BCUT2D eigenvalue weighted by atomic mass is 10.0. The zero-order valence-electron chi connectivity index (χ0n) is 11.9. The fourth-order valence-electron chi connectivity index (χ4n) is 2.04. The van der Waals surface area contributed by atoms with Crippen LogP contribution in [0.25, 0.3) is 0 Å². The second-order valence-electron chi connectivity index (χ2n) is 4.88. The molecule has 2 rings (SSSR count). The Bertz CT molecular complexity index is 712. The standard InChI is InChI=1S/C16H14Cl2N2O3/c17-10-6-4-9(5-7-10)15(21)20-14(16(22)23)8-11-12(18)2-1-3-13(11)19/h1-7,14H,8,19H2,(H,20,21)(H,22,23). The molecule has 0 aliphatic carbocycles. The van der Waals surface area contributed by atoms with Gasteiger partial charge in [0.15, 0.2) is 0 Å². The summed E-state index contributed by atoms with van der Waals surface area (Å²) in [6, 6.07) is 9.90. The first kappa shape index (κ1) is 17.1. The highest BCUT2D eigenvalue weighted by molar-refractivity contribution is 6.31. The van der Waals surface area contributed by atoms with Crippen molar-refractivity contribution in [3.63, 3.8) is 0 Å². The van der Waals surface area contributed by atoms with Crippen molar-refractivity contribution in [3.05, 3.63) is 63.6 Å². The Hall–Kier alpha value is -2.24. The molecule has 1 amide bonds. The smallest absolute Gasteiger partial charge is 0.326 e. The number of nitrogen functional groups attached to an aromatic ring is 1. The molecule has 0 spiro atoms. The van der Waals surface area contributed by atoms with Crippen molar-refractivity contribution in [2.45, 2.75) is 12.5 Å². The topological polar surface area (TPSA) is 92.4 Å². The largest absolute Gasteiger partial charge is 0.480 e. The average molecular weight is 353 g/mol. The van der Waals surface area contributed by atoms with Crippen LogP contribution in [-0.4, -0.2) is 23.0 Å². The van der Waals surface area contributed by atoms with Gasteiger partial charge in [-0.2, -0.15) is 0 Å². The highest BCUT2D eigenvalue weighted by Crippen LogP contribution is 2.23. The first-order chi connectivity index (χ1) is 10.9. The lowest BCUT2D eigenvalue weighted by Crippen LogP contribution is -2.42. The number of benzene rings is 2. The van der Waals surface area contributed by atoms with Gasteiger partial charge in [-0.1, -0.05) is 29.3 Å². The average Bonchev–Trinajstić information content (AvgIpc) is 2.50. The molecule has 23 heavy (non-hydrogen) atoms. The molecule has 0 aromatic heterocycles. The first-order valence-electron chi connectivity index (χ1n) is 6.70. The van der Waals surface area contributed by atoms with E-state index in [1.165, 1.54) is 12.1 Å². The molecule has 0 radical (unpaired) electrons. The van der Waals surface area contributed by atoms with Crippen LogP contribution in [0.1, 0.15) is 15.9 Å². The number of amides is 1. The minimum absolute atomic E-state index is 0.0137. The monoisotopic (exact) mass is 352 g/mol. The zero-order valence-corrected chi connectivity index (χ0v) is 13.4. The van der Waals surface area contributed by atoms with E-state index in [1.54, 1.807) is 30.3 Å². The molecule has 0 aliphatic rings.